The quantitative estimate of drug-likeness (QED) is 0.253. The van der Waals surface area contributed by atoms with Gasteiger partial charge < -0.3 is 0 Å². The van der Waals surface area contributed by atoms with Gasteiger partial charge in [-0.15, -0.1) is 0 Å². The maximum absolute atomic E-state index is 14.1. The Kier molecular flexibility index (Phi) is 3.98. The molecule has 9 heteroatoms. The normalized spacial score (nSPS) is 33.6. The second-order valence-electron chi connectivity index (χ2n) is 4.00. The molecule has 1 unspecified atom stereocenters. The molecule has 0 aliphatic heterocycles. The third-order valence-electron chi connectivity index (χ3n) is 2.38. The minimum absolute atomic E-state index is 0.192. The molecule has 108 valence electrons. The molecule has 0 amide bonds. The van der Waals surface area contributed by atoms with Crippen LogP contribution in [0.2, 0.25) is 0 Å². The summed E-state index contributed by atoms with van der Waals surface area (Å²) in [5.74, 6) is -16.4. The zero-order chi connectivity index (χ0) is 14.6. The Morgan fingerprint density at radius 3 is 1.72 bits per heavy atom. The Hall–Kier alpha value is 0.270. The Morgan fingerprint density at radius 2 is 1.33 bits per heavy atom. The topological polar surface area (TPSA) is 0 Å². The van der Waals surface area contributed by atoms with Gasteiger partial charge in [0, 0.05) is 0 Å². The summed E-state index contributed by atoms with van der Waals surface area (Å²) < 4.78 is 88.0. The first kappa shape index (κ1) is 16.3. The Balaban J connectivity index is 3.42. The molecule has 0 bridgehead atoms. The second-order valence-corrected chi connectivity index (χ2v) is 11.6. The van der Waals surface area contributed by atoms with Crippen LogP contribution < -0.4 is 0 Å². The summed E-state index contributed by atoms with van der Waals surface area (Å²) in [6.07, 6.45) is -0.706. The van der Waals surface area contributed by atoms with Gasteiger partial charge in [0.2, 0.25) is 0 Å². The van der Waals surface area contributed by atoms with Crippen molar-refractivity contribution in [3.05, 3.63) is 12.2 Å². The van der Waals surface area contributed by atoms with E-state index in [9.17, 15) is 30.7 Å². The van der Waals surface area contributed by atoms with Gasteiger partial charge in [0.15, 0.2) is 0 Å². The van der Waals surface area contributed by atoms with E-state index >= 15 is 0 Å². The van der Waals surface area contributed by atoms with Crippen LogP contribution in [0.4, 0.5) is 30.7 Å². The molecule has 0 heterocycles. The van der Waals surface area contributed by atoms with E-state index in [0.29, 0.717) is 0 Å². The molecular weight excluding hydrogens is 403 g/mol. The first-order chi connectivity index (χ1) is 7.81. The summed E-state index contributed by atoms with van der Waals surface area (Å²) in [6.45, 7) is 2.57. The van der Waals surface area contributed by atoms with Gasteiger partial charge in [-0.3, -0.25) is 0 Å². The van der Waals surface area contributed by atoms with Crippen molar-refractivity contribution in [2.75, 3.05) is 0 Å². The van der Waals surface area contributed by atoms with Crippen LogP contribution in [0.1, 0.15) is 13.8 Å². The molecule has 1 aliphatic rings. The summed E-state index contributed by atoms with van der Waals surface area (Å²) in [4.78, 5) is 0. The van der Waals surface area contributed by atoms with Gasteiger partial charge in [0.25, 0.3) is 0 Å². The standard InChI is InChI=1S/C9H9ClF7I/c1-5(2)18(10)7(13)4-3-6(11,12)8(14,15)9(7,16)17/h3-5H,1-2H3. The van der Waals surface area contributed by atoms with E-state index in [1.165, 1.54) is 13.8 Å². The second kappa shape index (κ2) is 4.39. The van der Waals surface area contributed by atoms with Crippen molar-refractivity contribution in [2.24, 2.45) is 0 Å². The molecular formula is C9H9ClF7I. The molecule has 0 N–H and O–H groups in total. The molecule has 0 radical (unpaired) electrons. The van der Waals surface area contributed by atoms with Crippen molar-refractivity contribution in [1.29, 1.82) is 0 Å². The van der Waals surface area contributed by atoms with Crippen LogP contribution in [0, 0.1) is 0 Å². The number of halogens is 9. The van der Waals surface area contributed by atoms with E-state index < -0.39 is 50.1 Å². The van der Waals surface area contributed by atoms with Gasteiger partial charge in [0.1, 0.15) is 0 Å². The summed E-state index contributed by atoms with van der Waals surface area (Å²) >= 11 is -3.78. The molecule has 1 rings (SSSR count). The monoisotopic (exact) mass is 412 g/mol. The van der Waals surface area contributed by atoms with Gasteiger partial charge >= 0.3 is 110 Å². The molecule has 1 aliphatic carbocycles. The van der Waals surface area contributed by atoms with E-state index in [1.54, 1.807) is 0 Å². The molecule has 18 heavy (non-hydrogen) atoms. The predicted molar refractivity (Wildman–Crippen MR) is 62.8 cm³/mol. The van der Waals surface area contributed by atoms with Crippen LogP contribution in [0.25, 0.3) is 0 Å². The van der Waals surface area contributed by atoms with Crippen LogP contribution in [-0.4, -0.2) is 25.4 Å². The molecule has 0 fully saturated rings. The average molecular weight is 413 g/mol. The molecule has 0 spiro atoms. The summed E-state index contributed by atoms with van der Waals surface area (Å²) in [7, 11) is 5.51. The number of hydrogen-bond acceptors (Lipinski definition) is 0. The van der Waals surface area contributed by atoms with Gasteiger partial charge in [0.05, 0.1) is 0 Å². The Morgan fingerprint density at radius 1 is 0.889 bits per heavy atom. The van der Waals surface area contributed by atoms with Crippen LogP contribution >= 0.6 is 27.6 Å². The minimum atomic E-state index is -5.80. The van der Waals surface area contributed by atoms with Crippen LogP contribution in [0.5, 0.6) is 0 Å². The van der Waals surface area contributed by atoms with Crippen molar-refractivity contribution in [1.82, 2.24) is 0 Å². The third-order valence-corrected chi connectivity index (χ3v) is 10.7. The van der Waals surface area contributed by atoms with Crippen molar-refractivity contribution < 1.29 is 30.7 Å². The van der Waals surface area contributed by atoms with Crippen LogP contribution in [0.15, 0.2) is 12.2 Å². The molecule has 0 saturated heterocycles. The number of allylic oxidation sites excluding steroid dienone is 2. The van der Waals surface area contributed by atoms with Crippen molar-refractivity contribution in [3.8, 4) is 0 Å². The van der Waals surface area contributed by atoms with Crippen molar-refractivity contribution in [3.63, 3.8) is 0 Å². The number of rotatable bonds is 2. The van der Waals surface area contributed by atoms with E-state index in [0.717, 1.165) is 0 Å². The Labute approximate surface area is 110 Å². The maximum atomic E-state index is 14.1. The zero-order valence-corrected chi connectivity index (χ0v) is 12.0. The number of hydrogen-bond donors (Lipinski definition) is 0. The third kappa shape index (κ3) is 1.94. The molecule has 0 aromatic rings. The molecule has 0 aromatic heterocycles. The summed E-state index contributed by atoms with van der Waals surface area (Å²) in [5.41, 5.74) is 0. The average Bonchev–Trinajstić information content (AvgIpc) is 2.22. The van der Waals surface area contributed by atoms with Crippen LogP contribution in [-0.2, 0) is 0 Å². The van der Waals surface area contributed by atoms with E-state index in [1.807, 2.05) is 0 Å². The van der Waals surface area contributed by atoms with E-state index in [-0.39, 0.29) is 6.08 Å². The molecule has 0 aromatic carbocycles. The van der Waals surface area contributed by atoms with E-state index in [2.05, 4.69) is 0 Å². The first-order valence-corrected chi connectivity index (χ1v) is 9.74. The summed E-state index contributed by atoms with van der Waals surface area (Å²) in [6, 6.07) is 0. The van der Waals surface area contributed by atoms with Gasteiger partial charge in [-0.2, -0.15) is 0 Å². The fourth-order valence-corrected chi connectivity index (χ4v) is 5.57. The first-order valence-electron chi connectivity index (χ1n) is 4.69. The molecule has 0 nitrogen and oxygen atoms in total. The van der Waals surface area contributed by atoms with Gasteiger partial charge in [-0.25, -0.2) is 0 Å². The zero-order valence-electron chi connectivity index (χ0n) is 9.13. The fraction of sp³-hybridized carbons (Fsp3) is 0.778. The van der Waals surface area contributed by atoms with Gasteiger partial charge in [-0.1, -0.05) is 0 Å². The SMILES string of the molecule is CC(C)I(Cl)C1(F)C=CC(F)(F)C(F)(F)C1(F)F. The molecule has 1 atom stereocenters. The van der Waals surface area contributed by atoms with Crippen molar-refractivity contribution >= 4 is 27.6 Å². The van der Waals surface area contributed by atoms with Crippen LogP contribution in [0.3, 0.4) is 0 Å². The van der Waals surface area contributed by atoms with Gasteiger partial charge in [-0.05, 0) is 0 Å². The van der Waals surface area contributed by atoms with Crippen molar-refractivity contribution in [2.45, 2.75) is 39.2 Å². The fourth-order valence-electron chi connectivity index (χ4n) is 1.33. The van der Waals surface area contributed by atoms with E-state index in [4.69, 9.17) is 8.91 Å². The summed E-state index contributed by atoms with van der Waals surface area (Å²) in [5, 5.41) is 0. The predicted octanol–water partition coefficient (Wildman–Crippen LogP) is 5.20. The number of alkyl halides is 9. The Bertz CT molecular complexity index is 368. The molecule has 0 saturated carbocycles.